The van der Waals surface area contributed by atoms with Gasteiger partial charge in [-0.25, -0.2) is 8.78 Å². The number of benzene rings is 1. The van der Waals surface area contributed by atoms with Gasteiger partial charge in [-0.1, -0.05) is 57.5 Å². The average molecular weight is 518 g/mol. The number of hydrogen-bond acceptors (Lipinski definition) is 3. The lowest BCUT2D eigenvalue weighted by molar-refractivity contribution is -0.0987. The molecule has 0 N–H and O–H groups in total. The molecule has 1 aliphatic carbocycles. The Bertz CT molecular complexity index is 846. The van der Waals surface area contributed by atoms with E-state index in [0.29, 0.717) is 5.57 Å². The van der Waals surface area contributed by atoms with Crippen LogP contribution in [0, 0.1) is 17.3 Å². The number of carbonyl (C=O) groups excluding carboxylic acids is 2. The topological polar surface area (TPSA) is 46.5 Å². The molecule has 2 rings (SSSR count). The molecule has 0 unspecified atom stereocenters. The molecule has 1 aliphatic rings. The van der Waals surface area contributed by atoms with E-state index in [9.17, 15) is 22.0 Å². The molecule has 1 aromatic carbocycles. The van der Waals surface area contributed by atoms with Crippen LogP contribution in [0.2, 0.25) is 0 Å². The predicted octanol–water partition coefficient (Wildman–Crippen LogP) is 8.53. The van der Waals surface area contributed by atoms with Crippen LogP contribution in [0.25, 0.3) is 0 Å². The van der Waals surface area contributed by atoms with Crippen LogP contribution in [0.5, 0.6) is 0 Å². The van der Waals surface area contributed by atoms with Gasteiger partial charge in [0.1, 0.15) is 19.3 Å². The summed E-state index contributed by atoms with van der Waals surface area (Å²) in [5, 5.41) is 0. The molecule has 0 spiro atoms. The van der Waals surface area contributed by atoms with Gasteiger partial charge in [0.25, 0.3) is 5.92 Å². The van der Waals surface area contributed by atoms with Crippen molar-refractivity contribution in [2.24, 2.45) is 22.2 Å². The van der Waals surface area contributed by atoms with E-state index in [-0.39, 0.29) is 11.0 Å². The van der Waals surface area contributed by atoms with E-state index in [1.807, 2.05) is 19.6 Å². The number of halogens is 5. The van der Waals surface area contributed by atoms with Crippen LogP contribution in [0.15, 0.2) is 53.7 Å². The fourth-order valence-corrected chi connectivity index (χ4v) is 3.68. The Labute approximate surface area is 212 Å². The molecule has 204 valence electrons. The third-order valence-electron chi connectivity index (χ3n) is 6.05. The fraction of sp³-hybridized carbons (Fsp3) is 0.536. The van der Waals surface area contributed by atoms with Gasteiger partial charge in [0.2, 0.25) is 0 Å². The number of aliphatic imine (C=N–C) groups is 1. The van der Waals surface area contributed by atoms with Crippen LogP contribution in [-0.4, -0.2) is 25.5 Å². The number of hydrogen-bond donors (Lipinski definition) is 0. The Morgan fingerprint density at radius 3 is 1.97 bits per heavy atom. The molecule has 1 aromatic rings. The summed E-state index contributed by atoms with van der Waals surface area (Å²) in [4.78, 5) is 19.2. The van der Waals surface area contributed by atoms with Crippen molar-refractivity contribution in [1.29, 1.82) is 0 Å². The van der Waals surface area contributed by atoms with Crippen LogP contribution in [-0.2, 0) is 21.9 Å². The molecular formula is C28H40F5NO2. The lowest BCUT2D eigenvalue weighted by atomic mass is 9.60. The highest BCUT2D eigenvalue weighted by atomic mass is 19.4. The molecule has 1 saturated carbocycles. The molecule has 0 amide bonds. The quantitative estimate of drug-likeness (QED) is 0.207. The number of carbonyl (C=O) groups is 2. The Balaban J connectivity index is 0. The standard InChI is InChI=1S/C18H26F2.C8H10F3N.2CH2O/c1-5-13-9-16(10-13)17(2,3)12-14-7-6-8-15(11-14)18(4,19)20;1-6(2)4-5-12-7(3)8(9,10)11;2*1-2/h6-8,11,13,16H,5,9-10,12H2,1-4H3;4-5H,1H2,2-3H3;2*1H2/b;5-4-,12-7?;;. The van der Waals surface area contributed by atoms with E-state index in [0.717, 1.165) is 43.9 Å². The zero-order valence-electron chi connectivity index (χ0n) is 22.2. The summed E-state index contributed by atoms with van der Waals surface area (Å²) < 4.78 is 62.2. The van der Waals surface area contributed by atoms with E-state index in [1.165, 1.54) is 31.4 Å². The second-order valence-electron chi connectivity index (χ2n) is 9.57. The fourth-order valence-electron chi connectivity index (χ4n) is 3.68. The van der Waals surface area contributed by atoms with Crippen LogP contribution < -0.4 is 0 Å². The summed E-state index contributed by atoms with van der Waals surface area (Å²) in [5.41, 5.74) is 1.17. The lowest BCUT2D eigenvalue weighted by Gasteiger charge is -2.45. The third kappa shape index (κ3) is 13.4. The van der Waals surface area contributed by atoms with Crippen LogP contribution in [0.4, 0.5) is 22.0 Å². The Morgan fingerprint density at radius 2 is 1.56 bits per heavy atom. The first kappa shape index (κ1) is 35.5. The minimum absolute atomic E-state index is 0.130. The molecule has 0 heterocycles. The Hall–Kier alpha value is -2.64. The second kappa shape index (κ2) is 16.2. The normalized spacial score (nSPS) is 17.9. The maximum absolute atomic E-state index is 13.4. The van der Waals surface area contributed by atoms with Crippen molar-refractivity contribution in [1.82, 2.24) is 0 Å². The van der Waals surface area contributed by atoms with Gasteiger partial charge in [0.05, 0.1) is 0 Å². The molecule has 0 aromatic heterocycles. The van der Waals surface area contributed by atoms with Crippen LogP contribution in [0.3, 0.4) is 0 Å². The first-order valence-electron chi connectivity index (χ1n) is 11.5. The highest BCUT2D eigenvalue weighted by Crippen LogP contribution is 2.48. The molecule has 36 heavy (non-hydrogen) atoms. The van der Waals surface area contributed by atoms with Gasteiger partial charge in [-0.05, 0) is 68.1 Å². The van der Waals surface area contributed by atoms with Crippen molar-refractivity contribution >= 4 is 19.3 Å². The number of allylic oxidation sites excluding steroid dienone is 2. The maximum atomic E-state index is 13.4. The van der Waals surface area contributed by atoms with E-state index in [4.69, 9.17) is 9.59 Å². The van der Waals surface area contributed by atoms with Crippen molar-refractivity contribution in [3.63, 3.8) is 0 Å². The molecule has 3 nitrogen and oxygen atoms in total. The Morgan fingerprint density at radius 1 is 1.03 bits per heavy atom. The number of alkyl halides is 5. The highest BCUT2D eigenvalue weighted by molar-refractivity contribution is 5.87. The summed E-state index contributed by atoms with van der Waals surface area (Å²) in [6.07, 6.45) is 2.92. The summed E-state index contributed by atoms with van der Waals surface area (Å²) >= 11 is 0. The van der Waals surface area contributed by atoms with Crippen molar-refractivity contribution in [3.05, 3.63) is 59.8 Å². The smallest absolute Gasteiger partial charge is 0.307 e. The monoisotopic (exact) mass is 517 g/mol. The van der Waals surface area contributed by atoms with Crippen molar-refractivity contribution in [2.45, 2.75) is 79.3 Å². The molecule has 0 saturated heterocycles. The zero-order valence-corrected chi connectivity index (χ0v) is 22.2. The zero-order chi connectivity index (χ0) is 28.7. The van der Waals surface area contributed by atoms with Crippen LogP contribution >= 0.6 is 0 Å². The number of nitrogens with zero attached hydrogens (tertiary/aromatic N) is 1. The predicted molar refractivity (Wildman–Crippen MR) is 137 cm³/mol. The van der Waals surface area contributed by atoms with Gasteiger partial charge in [-0.2, -0.15) is 13.2 Å². The first-order valence-corrected chi connectivity index (χ1v) is 11.5. The van der Waals surface area contributed by atoms with Crippen molar-refractivity contribution < 1.29 is 31.5 Å². The lowest BCUT2D eigenvalue weighted by Crippen LogP contribution is -2.37. The van der Waals surface area contributed by atoms with E-state index >= 15 is 0 Å². The number of rotatable bonds is 7. The van der Waals surface area contributed by atoms with E-state index in [2.05, 4.69) is 32.3 Å². The third-order valence-corrected chi connectivity index (χ3v) is 6.05. The molecule has 0 bridgehead atoms. The minimum Gasteiger partial charge on any atom is -0.307 e. The summed E-state index contributed by atoms with van der Waals surface area (Å²) in [5.74, 6) is -1.13. The minimum atomic E-state index is -4.33. The van der Waals surface area contributed by atoms with E-state index < -0.39 is 17.8 Å². The van der Waals surface area contributed by atoms with Crippen molar-refractivity contribution in [3.8, 4) is 0 Å². The summed E-state index contributed by atoms with van der Waals surface area (Å²) in [6, 6.07) is 6.94. The molecule has 0 atom stereocenters. The molecule has 8 heteroatoms. The van der Waals surface area contributed by atoms with Gasteiger partial charge in [0, 0.05) is 18.7 Å². The van der Waals surface area contributed by atoms with E-state index in [1.54, 1.807) is 19.1 Å². The largest absolute Gasteiger partial charge is 0.429 e. The summed E-state index contributed by atoms with van der Waals surface area (Å²) in [6.45, 7) is 17.8. The molecule has 0 radical (unpaired) electrons. The van der Waals surface area contributed by atoms with Gasteiger partial charge in [-0.15, -0.1) is 0 Å². The van der Waals surface area contributed by atoms with Gasteiger partial charge < -0.3 is 9.59 Å². The second-order valence-corrected chi connectivity index (χ2v) is 9.57. The molecule has 0 aliphatic heterocycles. The highest BCUT2D eigenvalue weighted by Gasteiger charge is 2.39. The van der Waals surface area contributed by atoms with Crippen molar-refractivity contribution in [2.75, 3.05) is 0 Å². The Kier molecular flexibility index (Phi) is 16.0. The SMILES string of the molecule is C=C(C)/C=C\N=C(C)C(F)(F)F.C=O.C=O.CCC1CC(C(C)(C)Cc2cccc(C(C)(F)F)c2)C1. The molecule has 1 fully saturated rings. The first-order chi connectivity index (χ1) is 16.6. The van der Waals surface area contributed by atoms with Crippen LogP contribution in [0.1, 0.15) is 71.9 Å². The average Bonchev–Trinajstić information content (AvgIpc) is 2.74. The molecular weight excluding hydrogens is 477 g/mol. The van der Waals surface area contributed by atoms with Gasteiger partial charge >= 0.3 is 6.18 Å². The summed E-state index contributed by atoms with van der Waals surface area (Å²) in [7, 11) is 0. The maximum Gasteiger partial charge on any atom is 0.429 e. The van der Waals surface area contributed by atoms with Gasteiger partial charge in [-0.3, -0.25) is 4.99 Å². The van der Waals surface area contributed by atoms with Gasteiger partial charge in [0.15, 0.2) is 0 Å².